The number of aryl methyl sites for hydroxylation is 1. The highest BCUT2D eigenvalue weighted by Gasteiger charge is 1.96. The Morgan fingerprint density at radius 1 is 1.06 bits per heavy atom. The number of halogens is 1. The average molecular weight is 234 g/mol. The summed E-state index contributed by atoms with van der Waals surface area (Å²) < 4.78 is 0. The van der Waals surface area contributed by atoms with Crippen LogP contribution in [0.25, 0.3) is 0 Å². The van der Waals surface area contributed by atoms with Crippen LogP contribution in [0.3, 0.4) is 0 Å². The molecule has 0 unspecified atom stereocenters. The van der Waals surface area contributed by atoms with E-state index in [2.05, 4.69) is 15.5 Å². The van der Waals surface area contributed by atoms with E-state index in [0.29, 0.717) is 0 Å². The molecule has 82 valence electrons. The van der Waals surface area contributed by atoms with Gasteiger partial charge in [0.1, 0.15) is 5.82 Å². The summed E-state index contributed by atoms with van der Waals surface area (Å²) in [7, 11) is 0. The molecule has 2 aromatic rings. The number of hydrogen-bond acceptors (Lipinski definition) is 3. The second-order valence-corrected chi connectivity index (χ2v) is 3.98. The number of anilines is 1. The molecular formula is C12H12ClN3. The molecule has 0 atom stereocenters. The van der Waals surface area contributed by atoms with E-state index < -0.39 is 0 Å². The van der Waals surface area contributed by atoms with Crippen LogP contribution in [0, 0.1) is 6.92 Å². The molecule has 1 N–H and O–H groups in total. The van der Waals surface area contributed by atoms with Crippen molar-refractivity contribution in [1.29, 1.82) is 0 Å². The highest BCUT2D eigenvalue weighted by atomic mass is 35.5. The Balaban J connectivity index is 1.97. The number of hydrogen-bond donors (Lipinski definition) is 1. The van der Waals surface area contributed by atoms with Crippen LogP contribution < -0.4 is 5.32 Å². The molecule has 0 fully saturated rings. The number of nitrogens with one attached hydrogen (secondary N) is 1. The lowest BCUT2D eigenvalue weighted by atomic mass is 10.2. The molecule has 0 aliphatic carbocycles. The molecule has 1 aromatic carbocycles. The van der Waals surface area contributed by atoms with Crippen LogP contribution in [-0.4, -0.2) is 10.2 Å². The van der Waals surface area contributed by atoms with Crippen LogP contribution in [0.15, 0.2) is 36.4 Å². The third kappa shape index (κ3) is 2.94. The third-order valence-electron chi connectivity index (χ3n) is 2.18. The van der Waals surface area contributed by atoms with E-state index in [9.17, 15) is 0 Å². The minimum absolute atomic E-state index is 0.717. The lowest BCUT2D eigenvalue weighted by molar-refractivity contribution is 0.963. The van der Waals surface area contributed by atoms with E-state index in [0.717, 1.165) is 28.6 Å². The molecule has 1 heterocycles. The summed E-state index contributed by atoms with van der Waals surface area (Å²) >= 11 is 5.80. The van der Waals surface area contributed by atoms with Crippen molar-refractivity contribution in [2.75, 3.05) is 5.32 Å². The zero-order valence-electron chi connectivity index (χ0n) is 8.94. The number of nitrogens with zero attached hydrogens (tertiary/aromatic N) is 2. The van der Waals surface area contributed by atoms with Crippen LogP contribution in [0.5, 0.6) is 0 Å². The fourth-order valence-electron chi connectivity index (χ4n) is 1.29. The maximum atomic E-state index is 5.80. The van der Waals surface area contributed by atoms with Crippen molar-refractivity contribution >= 4 is 17.4 Å². The summed E-state index contributed by atoms with van der Waals surface area (Å²) in [5, 5.41) is 11.9. The average Bonchev–Trinajstić information content (AvgIpc) is 2.30. The normalized spacial score (nSPS) is 10.1. The van der Waals surface area contributed by atoms with Gasteiger partial charge >= 0.3 is 0 Å². The Hall–Kier alpha value is -1.61. The Morgan fingerprint density at radius 2 is 1.81 bits per heavy atom. The monoisotopic (exact) mass is 233 g/mol. The molecule has 0 aliphatic heterocycles. The summed E-state index contributed by atoms with van der Waals surface area (Å²) in [5.74, 6) is 0.778. The lowest BCUT2D eigenvalue weighted by Gasteiger charge is -2.04. The highest BCUT2D eigenvalue weighted by Crippen LogP contribution is 2.10. The molecule has 0 bridgehead atoms. The fourth-order valence-corrected chi connectivity index (χ4v) is 1.41. The smallest absolute Gasteiger partial charge is 0.148 e. The van der Waals surface area contributed by atoms with Crippen molar-refractivity contribution in [3.63, 3.8) is 0 Å². The first-order chi connectivity index (χ1) is 7.74. The summed E-state index contributed by atoms with van der Waals surface area (Å²) in [5.41, 5.74) is 2.07. The summed E-state index contributed by atoms with van der Waals surface area (Å²) in [6, 6.07) is 11.6. The lowest BCUT2D eigenvalue weighted by Crippen LogP contribution is -2.02. The van der Waals surface area contributed by atoms with Crippen LogP contribution >= 0.6 is 11.6 Å². The molecule has 0 radical (unpaired) electrons. The van der Waals surface area contributed by atoms with Crippen LogP contribution in [0.1, 0.15) is 11.3 Å². The second kappa shape index (κ2) is 4.94. The van der Waals surface area contributed by atoms with Gasteiger partial charge < -0.3 is 5.32 Å². The van der Waals surface area contributed by atoms with E-state index in [4.69, 9.17) is 11.6 Å². The second-order valence-electron chi connectivity index (χ2n) is 3.54. The highest BCUT2D eigenvalue weighted by molar-refractivity contribution is 6.30. The van der Waals surface area contributed by atoms with Gasteiger partial charge in [-0.3, -0.25) is 0 Å². The van der Waals surface area contributed by atoms with Gasteiger partial charge in [0.15, 0.2) is 0 Å². The molecule has 0 amide bonds. The predicted molar refractivity (Wildman–Crippen MR) is 65.5 cm³/mol. The first kappa shape index (κ1) is 10.9. The van der Waals surface area contributed by atoms with Crippen molar-refractivity contribution in [3.05, 3.63) is 52.7 Å². The zero-order chi connectivity index (χ0) is 11.4. The van der Waals surface area contributed by atoms with Gasteiger partial charge in [-0.1, -0.05) is 23.7 Å². The SMILES string of the molecule is Cc1ccc(NCc2ccc(Cl)cc2)nn1. The van der Waals surface area contributed by atoms with Crippen LogP contribution in [0.4, 0.5) is 5.82 Å². The van der Waals surface area contributed by atoms with E-state index in [1.165, 1.54) is 0 Å². The van der Waals surface area contributed by atoms with Gasteiger partial charge in [-0.2, -0.15) is 5.10 Å². The molecule has 0 saturated heterocycles. The summed E-state index contributed by atoms with van der Waals surface area (Å²) in [4.78, 5) is 0. The minimum atomic E-state index is 0.717. The fraction of sp³-hybridized carbons (Fsp3) is 0.167. The van der Waals surface area contributed by atoms with Gasteiger partial charge in [-0.15, -0.1) is 5.10 Å². The Kier molecular flexibility index (Phi) is 3.37. The maximum absolute atomic E-state index is 5.80. The molecule has 0 aliphatic rings. The van der Waals surface area contributed by atoms with Gasteiger partial charge in [-0.05, 0) is 36.8 Å². The number of benzene rings is 1. The largest absolute Gasteiger partial charge is 0.365 e. The quantitative estimate of drug-likeness (QED) is 0.886. The van der Waals surface area contributed by atoms with Crippen LogP contribution in [0.2, 0.25) is 5.02 Å². The van der Waals surface area contributed by atoms with Gasteiger partial charge in [0.25, 0.3) is 0 Å². The minimum Gasteiger partial charge on any atom is -0.365 e. The van der Waals surface area contributed by atoms with Gasteiger partial charge in [0, 0.05) is 11.6 Å². The molecule has 2 rings (SSSR count). The summed E-state index contributed by atoms with van der Waals surface area (Å²) in [6.07, 6.45) is 0. The first-order valence-corrected chi connectivity index (χ1v) is 5.40. The van der Waals surface area contributed by atoms with E-state index in [1.807, 2.05) is 43.3 Å². The molecule has 1 aromatic heterocycles. The number of rotatable bonds is 3. The van der Waals surface area contributed by atoms with E-state index >= 15 is 0 Å². The molecular weight excluding hydrogens is 222 g/mol. The van der Waals surface area contributed by atoms with E-state index in [1.54, 1.807) is 0 Å². The Bertz CT molecular complexity index is 405. The molecule has 16 heavy (non-hydrogen) atoms. The molecule has 4 heteroatoms. The molecule has 3 nitrogen and oxygen atoms in total. The van der Waals surface area contributed by atoms with Crippen molar-refractivity contribution in [2.24, 2.45) is 0 Å². The Morgan fingerprint density at radius 3 is 2.44 bits per heavy atom. The zero-order valence-corrected chi connectivity index (χ0v) is 9.70. The topological polar surface area (TPSA) is 37.8 Å². The first-order valence-electron chi connectivity index (χ1n) is 5.03. The summed E-state index contributed by atoms with van der Waals surface area (Å²) in [6.45, 7) is 2.63. The third-order valence-corrected chi connectivity index (χ3v) is 2.44. The van der Waals surface area contributed by atoms with Gasteiger partial charge in [0.2, 0.25) is 0 Å². The van der Waals surface area contributed by atoms with E-state index in [-0.39, 0.29) is 0 Å². The number of aromatic nitrogens is 2. The van der Waals surface area contributed by atoms with Crippen LogP contribution in [-0.2, 0) is 6.54 Å². The van der Waals surface area contributed by atoms with Gasteiger partial charge in [-0.25, -0.2) is 0 Å². The standard InChI is InChI=1S/C12H12ClN3/c1-9-2-7-12(16-15-9)14-8-10-3-5-11(13)6-4-10/h2-7H,8H2,1H3,(H,14,16). The van der Waals surface area contributed by atoms with Crippen molar-refractivity contribution in [3.8, 4) is 0 Å². The Labute approximate surface area is 99.5 Å². The molecule has 0 spiro atoms. The van der Waals surface area contributed by atoms with Crippen molar-refractivity contribution < 1.29 is 0 Å². The van der Waals surface area contributed by atoms with Crippen molar-refractivity contribution in [1.82, 2.24) is 10.2 Å². The van der Waals surface area contributed by atoms with Crippen molar-refractivity contribution in [2.45, 2.75) is 13.5 Å². The predicted octanol–water partition coefficient (Wildman–Crippen LogP) is 3.05. The molecule has 0 saturated carbocycles. The maximum Gasteiger partial charge on any atom is 0.148 e. The van der Waals surface area contributed by atoms with Gasteiger partial charge in [0.05, 0.1) is 5.69 Å².